The molecule has 206 valence electrons. The Kier molecular flexibility index (Phi) is 8.39. The van der Waals surface area contributed by atoms with Crippen LogP contribution in [-0.4, -0.2) is 50.5 Å². The van der Waals surface area contributed by atoms with Crippen molar-refractivity contribution in [2.75, 3.05) is 20.3 Å². The van der Waals surface area contributed by atoms with E-state index in [1.54, 1.807) is 80.6 Å². The Bertz CT molecular complexity index is 1390. The first kappa shape index (κ1) is 28.3. The highest BCUT2D eigenvalue weighted by molar-refractivity contribution is 7.89. The van der Waals surface area contributed by atoms with Gasteiger partial charge in [-0.05, 0) is 56.2 Å². The molecule has 1 saturated heterocycles. The maximum atomic E-state index is 14.5. The van der Waals surface area contributed by atoms with Crippen molar-refractivity contribution in [3.8, 4) is 5.75 Å². The molecular formula is C29H31NO8S. The lowest BCUT2D eigenvalue weighted by Gasteiger charge is -2.36. The van der Waals surface area contributed by atoms with Crippen LogP contribution in [0.15, 0.2) is 83.8 Å². The van der Waals surface area contributed by atoms with Crippen LogP contribution in [-0.2, 0) is 33.8 Å². The van der Waals surface area contributed by atoms with E-state index in [-0.39, 0.29) is 18.1 Å². The molecule has 39 heavy (non-hydrogen) atoms. The largest absolute Gasteiger partial charge is 0.497 e. The summed E-state index contributed by atoms with van der Waals surface area (Å²) in [6, 6.07) is 21.1. The third-order valence-corrected chi connectivity index (χ3v) is 8.32. The molecule has 3 aromatic carbocycles. The number of esters is 2. The molecule has 2 atom stereocenters. The van der Waals surface area contributed by atoms with Crippen LogP contribution >= 0.6 is 0 Å². The maximum Gasteiger partial charge on any atom is 0.342 e. The van der Waals surface area contributed by atoms with Crippen molar-refractivity contribution in [3.05, 3.63) is 95.6 Å². The van der Waals surface area contributed by atoms with Gasteiger partial charge in [-0.15, -0.1) is 4.31 Å². The second-order valence-electron chi connectivity index (χ2n) is 8.87. The van der Waals surface area contributed by atoms with Crippen molar-refractivity contribution >= 4 is 22.0 Å². The van der Waals surface area contributed by atoms with Gasteiger partial charge in [0.2, 0.25) is 10.0 Å². The Morgan fingerprint density at radius 1 is 0.846 bits per heavy atom. The van der Waals surface area contributed by atoms with Gasteiger partial charge in [-0.25, -0.2) is 18.0 Å². The minimum atomic E-state index is -4.56. The molecule has 0 aromatic heterocycles. The highest BCUT2D eigenvalue weighted by Crippen LogP contribution is 2.53. The molecule has 0 saturated carbocycles. The molecule has 0 bridgehead atoms. The molecular weight excluding hydrogens is 522 g/mol. The van der Waals surface area contributed by atoms with E-state index in [1.165, 1.54) is 19.2 Å². The number of nitrogens with zero attached hydrogens (tertiary/aromatic N) is 1. The van der Waals surface area contributed by atoms with Crippen molar-refractivity contribution in [2.24, 2.45) is 0 Å². The molecule has 1 aliphatic rings. The number of methoxy groups -OCH3 is 1. The SMILES string of the molecule is CCOC(=O)C1(C(=O)OCC)[C@H](c2ccc(OC)cc2)O[C@H](c2ccccc2)N1S(=O)(=O)c1ccc(C)cc1. The van der Waals surface area contributed by atoms with Crippen LogP contribution in [0.4, 0.5) is 0 Å². The zero-order chi connectivity index (χ0) is 28.2. The van der Waals surface area contributed by atoms with Gasteiger partial charge < -0.3 is 18.9 Å². The zero-order valence-corrected chi connectivity index (χ0v) is 23.0. The lowest BCUT2D eigenvalue weighted by molar-refractivity contribution is -0.172. The third-order valence-electron chi connectivity index (χ3n) is 6.46. The lowest BCUT2D eigenvalue weighted by atomic mass is 9.87. The Balaban J connectivity index is 2.07. The van der Waals surface area contributed by atoms with Crippen LogP contribution in [0.1, 0.15) is 42.9 Å². The normalized spacial score (nSPS) is 18.9. The van der Waals surface area contributed by atoms with E-state index < -0.39 is 39.8 Å². The van der Waals surface area contributed by atoms with Gasteiger partial charge in [0.25, 0.3) is 5.54 Å². The Morgan fingerprint density at radius 2 is 1.41 bits per heavy atom. The predicted octanol–water partition coefficient (Wildman–Crippen LogP) is 4.33. The summed E-state index contributed by atoms with van der Waals surface area (Å²) < 4.78 is 52.2. The van der Waals surface area contributed by atoms with Crippen LogP contribution in [0.3, 0.4) is 0 Å². The van der Waals surface area contributed by atoms with Crippen molar-refractivity contribution in [2.45, 2.75) is 43.5 Å². The molecule has 1 aliphatic heterocycles. The van der Waals surface area contributed by atoms with Gasteiger partial charge in [-0.1, -0.05) is 60.2 Å². The topological polar surface area (TPSA) is 108 Å². The summed E-state index contributed by atoms with van der Waals surface area (Å²) in [5, 5.41) is 0. The first-order chi connectivity index (χ1) is 18.7. The van der Waals surface area contributed by atoms with Crippen molar-refractivity contribution in [1.82, 2.24) is 4.31 Å². The Hall–Kier alpha value is -3.73. The summed E-state index contributed by atoms with van der Waals surface area (Å²) >= 11 is 0. The van der Waals surface area contributed by atoms with E-state index in [9.17, 15) is 18.0 Å². The van der Waals surface area contributed by atoms with Crippen molar-refractivity contribution in [1.29, 1.82) is 0 Å². The molecule has 0 aliphatic carbocycles. The van der Waals surface area contributed by atoms with Gasteiger partial charge in [0.15, 0.2) is 6.23 Å². The second kappa shape index (κ2) is 11.6. The van der Waals surface area contributed by atoms with Crippen LogP contribution in [0.2, 0.25) is 0 Å². The summed E-state index contributed by atoms with van der Waals surface area (Å²) in [5.74, 6) is -1.67. The highest BCUT2D eigenvalue weighted by Gasteiger charge is 2.71. The molecule has 10 heteroatoms. The molecule has 1 heterocycles. The van der Waals surface area contributed by atoms with E-state index in [0.29, 0.717) is 16.9 Å². The molecule has 9 nitrogen and oxygen atoms in total. The number of ether oxygens (including phenoxy) is 4. The molecule has 1 fully saturated rings. The van der Waals surface area contributed by atoms with E-state index in [0.717, 1.165) is 9.87 Å². The highest BCUT2D eigenvalue weighted by atomic mass is 32.2. The fourth-order valence-electron chi connectivity index (χ4n) is 4.61. The number of aryl methyl sites for hydroxylation is 1. The number of hydrogen-bond acceptors (Lipinski definition) is 8. The Morgan fingerprint density at radius 3 is 1.92 bits per heavy atom. The summed E-state index contributed by atoms with van der Waals surface area (Å²) in [4.78, 5) is 27.8. The summed E-state index contributed by atoms with van der Waals surface area (Å²) in [6.07, 6.45) is -2.77. The van der Waals surface area contributed by atoms with Crippen molar-refractivity contribution < 1.29 is 37.0 Å². The van der Waals surface area contributed by atoms with Gasteiger partial charge in [0, 0.05) is 0 Å². The molecule has 0 spiro atoms. The number of sulfonamides is 1. The van der Waals surface area contributed by atoms with E-state index in [2.05, 4.69) is 0 Å². The fraction of sp³-hybridized carbons (Fsp3) is 0.310. The average Bonchev–Trinajstić information content (AvgIpc) is 3.32. The minimum absolute atomic E-state index is 0.107. The first-order valence-electron chi connectivity index (χ1n) is 12.5. The molecule has 0 unspecified atom stereocenters. The van der Waals surface area contributed by atoms with Gasteiger partial charge in [0.1, 0.15) is 11.9 Å². The Labute approximate surface area is 228 Å². The monoisotopic (exact) mass is 553 g/mol. The summed E-state index contributed by atoms with van der Waals surface area (Å²) in [6.45, 7) is 4.75. The van der Waals surface area contributed by atoms with E-state index in [4.69, 9.17) is 18.9 Å². The van der Waals surface area contributed by atoms with Crippen LogP contribution in [0, 0.1) is 6.92 Å². The number of hydrogen-bond donors (Lipinski definition) is 0. The molecule has 4 rings (SSSR count). The smallest absolute Gasteiger partial charge is 0.342 e. The van der Waals surface area contributed by atoms with Crippen LogP contribution in [0.25, 0.3) is 0 Å². The lowest BCUT2D eigenvalue weighted by Crippen LogP contribution is -2.62. The maximum absolute atomic E-state index is 14.5. The van der Waals surface area contributed by atoms with E-state index in [1.807, 2.05) is 6.92 Å². The number of carbonyl (C=O) groups excluding carboxylic acids is 2. The number of rotatable bonds is 9. The van der Waals surface area contributed by atoms with Gasteiger partial charge in [0.05, 0.1) is 25.2 Å². The summed E-state index contributed by atoms with van der Waals surface area (Å²) in [7, 11) is -3.05. The van der Waals surface area contributed by atoms with Crippen LogP contribution < -0.4 is 4.74 Å². The van der Waals surface area contributed by atoms with Gasteiger partial charge in [-0.3, -0.25) is 0 Å². The van der Waals surface area contributed by atoms with E-state index >= 15 is 0 Å². The number of carbonyl (C=O) groups is 2. The second-order valence-corrected chi connectivity index (χ2v) is 10.7. The average molecular weight is 554 g/mol. The molecule has 0 amide bonds. The molecule has 0 N–H and O–H groups in total. The minimum Gasteiger partial charge on any atom is -0.497 e. The van der Waals surface area contributed by atoms with Crippen molar-refractivity contribution in [3.63, 3.8) is 0 Å². The fourth-order valence-corrected chi connectivity index (χ4v) is 6.37. The van der Waals surface area contributed by atoms with Gasteiger partial charge >= 0.3 is 11.9 Å². The zero-order valence-electron chi connectivity index (χ0n) is 22.2. The van der Waals surface area contributed by atoms with Gasteiger partial charge in [-0.2, -0.15) is 0 Å². The predicted molar refractivity (Wildman–Crippen MR) is 142 cm³/mol. The number of benzene rings is 3. The molecule has 3 aromatic rings. The summed E-state index contributed by atoms with van der Waals surface area (Å²) in [5.41, 5.74) is -0.920. The first-order valence-corrected chi connectivity index (χ1v) is 14.0. The molecule has 0 radical (unpaired) electrons. The quantitative estimate of drug-likeness (QED) is 0.285. The standard InChI is InChI=1S/C29H31NO8S/c1-5-36-27(31)29(28(32)37-6-2)25(21-14-16-23(35-4)17-15-21)38-26(22-10-8-7-9-11-22)30(29)39(33,34)24-18-12-20(3)13-19-24/h7-19,25-26H,5-6H2,1-4H3/t25-,26+/m0/s1. The third kappa shape index (κ3) is 5.03. The van der Waals surface area contributed by atoms with Crippen LogP contribution in [0.5, 0.6) is 5.75 Å².